The largest absolute Gasteiger partial charge is 0.451 e. The average molecular weight is 214 g/mol. The molecule has 2 heterocycles. The molecule has 1 aromatic carbocycles. The summed E-state index contributed by atoms with van der Waals surface area (Å²) in [5.41, 5.74) is 0.559. The third-order valence-electron chi connectivity index (χ3n) is 2.19. The smallest absolute Gasteiger partial charge is 0.347 e. The molecule has 0 saturated heterocycles. The van der Waals surface area contributed by atoms with Crippen LogP contribution in [0.2, 0.25) is 0 Å². The molecule has 5 heteroatoms. The number of fused-ring (bicyclic) bond motifs is 1. The van der Waals surface area contributed by atoms with E-state index in [1.807, 2.05) is 0 Å². The van der Waals surface area contributed by atoms with E-state index in [1.54, 1.807) is 24.3 Å². The van der Waals surface area contributed by atoms with Gasteiger partial charge in [0.15, 0.2) is 12.1 Å². The van der Waals surface area contributed by atoms with Crippen LogP contribution < -0.4 is 5.63 Å². The van der Waals surface area contributed by atoms with Gasteiger partial charge in [-0.1, -0.05) is 12.1 Å². The SMILES string of the molecule is O=c1oc(-c2cocn2)nc2ccccc12. The first-order valence-electron chi connectivity index (χ1n) is 4.63. The molecule has 0 saturated carbocycles. The second-order valence-electron chi connectivity index (χ2n) is 3.20. The summed E-state index contributed by atoms with van der Waals surface area (Å²) in [7, 11) is 0. The molecule has 0 atom stereocenters. The lowest BCUT2D eigenvalue weighted by Crippen LogP contribution is -2.02. The van der Waals surface area contributed by atoms with E-state index in [4.69, 9.17) is 8.83 Å². The van der Waals surface area contributed by atoms with Gasteiger partial charge in [-0.25, -0.2) is 14.8 Å². The van der Waals surface area contributed by atoms with Crippen molar-refractivity contribution in [2.45, 2.75) is 0 Å². The molecule has 16 heavy (non-hydrogen) atoms. The van der Waals surface area contributed by atoms with Gasteiger partial charge in [0, 0.05) is 0 Å². The van der Waals surface area contributed by atoms with Crippen LogP contribution in [0.1, 0.15) is 0 Å². The molecule has 0 aliphatic heterocycles. The van der Waals surface area contributed by atoms with Gasteiger partial charge in [0.05, 0.1) is 10.9 Å². The van der Waals surface area contributed by atoms with Crippen LogP contribution in [0.3, 0.4) is 0 Å². The molecule has 0 fully saturated rings. The fourth-order valence-corrected chi connectivity index (χ4v) is 1.45. The number of hydrogen-bond acceptors (Lipinski definition) is 5. The van der Waals surface area contributed by atoms with Gasteiger partial charge in [0.1, 0.15) is 6.26 Å². The van der Waals surface area contributed by atoms with Crippen LogP contribution in [0.5, 0.6) is 0 Å². The lowest BCUT2D eigenvalue weighted by molar-refractivity contribution is 0.514. The number of benzene rings is 1. The standard InChI is InChI=1S/C11H6N2O3/c14-11-7-3-1-2-4-8(7)13-10(16-11)9-5-15-6-12-9/h1-6H. The maximum absolute atomic E-state index is 11.6. The summed E-state index contributed by atoms with van der Waals surface area (Å²) >= 11 is 0. The molecule has 3 rings (SSSR count). The molecule has 0 amide bonds. The molecule has 0 radical (unpaired) electrons. The van der Waals surface area contributed by atoms with Crippen LogP contribution in [-0.2, 0) is 0 Å². The van der Waals surface area contributed by atoms with E-state index in [9.17, 15) is 4.79 Å². The van der Waals surface area contributed by atoms with Crippen molar-refractivity contribution in [1.82, 2.24) is 9.97 Å². The number of rotatable bonds is 1. The third kappa shape index (κ3) is 1.30. The highest BCUT2D eigenvalue weighted by Gasteiger charge is 2.09. The molecule has 0 aliphatic rings. The zero-order chi connectivity index (χ0) is 11.0. The Hall–Kier alpha value is -2.43. The Bertz CT molecular complexity index is 686. The van der Waals surface area contributed by atoms with Crippen LogP contribution in [-0.4, -0.2) is 9.97 Å². The predicted octanol–water partition coefficient (Wildman–Crippen LogP) is 1.84. The molecule has 0 aliphatic carbocycles. The monoisotopic (exact) mass is 214 g/mol. The van der Waals surface area contributed by atoms with Gasteiger partial charge in [-0.05, 0) is 12.1 Å². The summed E-state index contributed by atoms with van der Waals surface area (Å²) in [5, 5.41) is 0.453. The topological polar surface area (TPSA) is 69.1 Å². The number of oxazole rings is 1. The Balaban J connectivity index is 2.34. The quantitative estimate of drug-likeness (QED) is 0.618. The van der Waals surface area contributed by atoms with Crippen LogP contribution in [0, 0.1) is 0 Å². The summed E-state index contributed by atoms with van der Waals surface area (Å²) in [5.74, 6) is 0.164. The molecule has 0 N–H and O–H groups in total. The van der Waals surface area contributed by atoms with Gasteiger partial charge in [-0.2, -0.15) is 0 Å². The maximum atomic E-state index is 11.6. The number of hydrogen-bond donors (Lipinski definition) is 0. The molecule has 0 unspecified atom stereocenters. The minimum atomic E-state index is -0.427. The normalized spacial score (nSPS) is 10.8. The van der Waals surface area contributed by atoms with E-state index >= 15 is 0 Å². The zero-order valence-electron chi connectivity index (χ0n) is 8.08. The number of para-hydroxylation sites is 1. The summed E-state index contributed by atoms with van der Waals surface area (Å²) in [4.78, 5) is 19.7. The Labute approximate surface area is 89.4 Å². The van der Waals surface area contributed by atoms with Crippen molar-refractivity contribution in [3.05, 3.63) is 47.3 Å². The fraction of sp³-hybridized carbons (Fsp3) is 0. The first-order valence-corrected chi connectivity index (χ1v) is 4.63. The molecular formula is C11H6N2O3. The van der Waals surface area contributed by atoms with E-state index in [0.717, 1.165) is 0 Å². The maximum Gasteiger partial charge on any atom is 0.347 e. The Morgan fingerprint density at radius 2 is 2.06 bits per heavy atom. The van der Waals surface area contributed by atoms with Crippen LogP contribution in [0.4, 0.5) is 0 Å². The first-order chi connectivity index (χ1) is 7.84. The molecule has 5 nitrogen and oxygen atoms in total. The number of nitrogens with zero attached hydrogens (tertiary/aromatic N) is 2. The van der Waals surface area contributed by atoms with E-state index < -0.39 is 5.63 Å². The van der Waals surface area contributed by atoms with Crippen LogP contribution in [0.25, 0.3) is 22.5 Å². The van der Waals surface area contributed by atoms with Gasteiger partial charge in [0.2, 0.25) is 0 Å². The Morgan fingerprint density at radius 3 is 2.88 bits per heavy atom. The van der Waals surface area contributed by atoms with Gasteiger partial charge in [-0.3, -0.25) is 0 Å². The lowest BCUT2D eigenvalue weighted by atomic mass is 10.2. The van der Waals surface area contributed by atoms with Gasteiger partial charge in [-0.15, -0.1) is 0 Å². The summed E-state index contributed by atoms with van der Waals surface area (Å²) in [6.07, 6.45) is 2.63. The minimum Gasteiger partial charge on any atom is -0.451 e. The third-order valence-corrected chi connectivity index (χ3v) is 2.19. The number of aromatic nitrogens is 2. The second kappa shape index (κ2) is 3.30. The highest BCUT2D eigenvalue weighted by molar-refractivity contribution is 5.77. The molecule has 0 bridgehead atoms. The summed E-state index contributed by atoms with van der Waals surface area (Å²) in [6.45, 7) is 0. The van der Waals surface area contributed by atoms with Crippen LogP contribution >= 0.6 is 0 Å². The molecule has 0 spiro atoms. The van der Waals surface area contributed by atoms with Crippen LogP contribution in [0.15, 0.2) is 50.6 Å². The summed E-state index contributed by atoms with van der Waals surface area (Å²) in [6, 6.07) is 6.98. The average Bonchev–Trinajstić information content (AvgIpc) is 2.82. The van der Waals surface area contributed by atoms with E-state index in [-0.39, 0.29) is 5.89 Å². The zero-order valence-corrected chi connectivity index (χ0v) is 8.08. The van der Waals surface area contributed by atoms with Crippen molar-refractivity contribution < 1.29 is 8.83 Å². The first kappa shape index (κ1) is 8.84. The Morgan fingerprint density at radius 1 is 1.19 bits per heavy atom. The minimum absolute atomic E-state index is 0.164. The summed E-state index contributed by atoms with van der Waals surface area (Å²) < 4.78 is 9.85. The van der Waals surface area contributed by atoms with Gasteiger partial charge >= 0.3 is 5.63 Å². The second-order valence-corrected chi connectivity index (χ2v) is 3.20. The van der Waals surface area contributed by atoms with E-state index in [0.29, 0.717) is 16.6 Å². The van der Waals surface area contributed by atoms with E-state index in [2.05, 4.69) is 9.97 Å². The molecular weight excluding hydrogens is 208 g/mol. The highest BCUT2D eigenvalue weighted by atomic mass is 16.4. The molecule has 3 aromatic rings. The van der Waals surface area contributed by atoms with Gasteiger partial charge in [0.25, 0.3) is 5.89 Å². The van der Waals surface area contributed by atoms with Crippen molar-refractivity contribution in [2.24, 2.45) is 0 Å². The van der Waals surface area contributed by atoms with Crippen molar-refractivity contribution in [1.29, 1.82) is 0 Å². The highest BCUT2D eigenvalue weighted by Crippen LogP contribution is 2.15. The van der Waals surface area contributed by atoms with Gasteiger partial charge < -0.3 is 8.83 Å². The van der Waals surface area contributed by atoms with Crippen molar-refractivity contribution in [3.63, 3.8) is 0 Å². The van der Waals surface area contributed by atoms with E-state index in [1.165, 1.54) is 12.7 Å². The molecule has 2 aromatic heterocycles. The molecule has 78 valence electrons. The van der Waals surface area contributed by atoms with Crippen molar-refractivity contribution in [3.8, 4) is 11.6 Å². The Kier molecular flexibility index (Phi) is 1.83. The van der Waals surface area contributed by atoms with Crippen molar-refractivity contribution in [2.75, 3.05) is 0 Å². The van der Waals surface area contributed by atoms with Crippen molar-refractivity contribution >= 4 is 10.9 Å². The fourth-order valence-electron chi connectivity index (χ4n) is 1.45. The lowest BCUT2D eigenvalue weighted by Gasteiger charge is -1.97. The predicted molar refractivity (Wildman–Crippen MR) is 55.8 cm³/mol.